The standard InChI is InChI=1S/C37H22N4O/c1-3-11-23(12-4-1)29-21-30(24-13-5-2-6-14-24)40-37(39-29)41-31-17-9-7-15-26(31)33-25-19-20-38-22-28(25)34-27-16-8-10-18-32(27)42-36(34)35(33)41/h1-22H. The van der Waals surface area contributed by atoms with Gasteiger partial charge >= 0.3 is 0 Å². The minimum atomic E-state index is 0.594. The molecule has 42 heavy (non-hydrogen) atoms. The van der Waals surface area contributed by atoms with Crippen LogP contribution in [0.25, 0.3) is 83.0 Å². The predicted molar refractivity (Wildman–Crippen MR) is 170 cm³/mol. The molecule has 4 heterocycles. The summed E-state index contributed by atoms with van der Waals surface area (Å²) in [6.45, 7) is 0. The lowest BCUT2D eigenvalue weighted by atomic mass is 10.0. The number of fused-ring (bicyclic) bond motifs is 10. The highest BCUT2D eigenvalue weighted by Gasteiger charge is 2.24. The fourth-order valence-electron chi connectivity index (χ4n) is 6.27. The van der Waals surface area contributed by atoms with Crippen LogP contribution in [0.3, 0.4) is 0 Å². The molecule has 0 atom stereocenters. The van der Waals surface area contributed by atoms with Gasteiger partial charge in [0.1, 0.15) is 11.1 Å². The van der Waals surface area contributed by atoms with Crippen molar-refractivity contribution < 1.29 is 4.42 Å². The van der Waals surface area contributed by atoms with E-state index in [4.69, 9.17) is 14.4 Å². The Morgan fingerprint density at radius 3 is 1.93 bits per heavy atom. The summed E-state index contributed by atoms with van der Waals surface area (Å²) in [6, 6.07) is 41.4. The van der Waals surface area contributed by atoms with Crippen LogP contribution < -0.4 is 0 Å². The van der Waals surface area contributed by atoms with Gasteiger partial charge in [-0.25, -0.2) is 9.97 Å². The fourth-order valence-corrected chi connectivity index (χ4v) is 6.27. The third-order valence-corrected chi connectivity index (χ3v) is 8.10. The Labute approximate surface area is 240 Å². The molecule has 0 saturated carbocycles. The molecule has 4 aromatic heterocycles. The van der Waals surface area contributed by atoms with Crippen molar-refractivity contribution in [3.8, 4) is 28.5 Å². The lowest BCUT2D eigenvalue weighted by Crippen LogP contribution is -2.04. The van der Waals surface area contributed by atoms with Crippen LogP contribution in [0.15, 0.2) is 138 Å². The van der Waals surface area contributed by atoms with Crippen LogP contribution in [0.2, 0.25) is 0 Å². The van der Waals surface area contributed by atoms with E-state index in [1.165, 1.54) is 0 Å². The van der Waals surface area contributed by atoms with E-state index in [9.17, 15) is 0 Å². The summed E-state index contributed by atoms with van der Waals surface area (Å²) >= 11 is 0. The number of para-hydroxylation sites is 2. The number of hydrogen-bond acceptors (Lipinski definition) is 4. The second kappa shape index (κ2) is 8.85. The number of nitrogens with zero attached hydrogens (tertiary/aromatic N) is 4. The highest BCUT2D eigenvalue weighted by Crippen LogP contribution is 2.45. The third-order valence-electron chi connectivity index (χ3n) is 8.10. The Morgan fingerprint density at radius 1 is 0.548 bits per heavy atom. The minimum Gasteiger partial charge on any atom is -0.454 e. The first-order chi connectivity index (χ1) is 20.8. The Kier molecular flexibility index (Phi) is 4.83. The second-order valence-electron chi connectivity index (χ2n) is 10.5. The molecule has 0 aliphatic heterocycles. The molecule has 0 unspecified atom stereocenters. The zero-order valence-electron chi connectivity index (χ0n) is 22.4. The number of pyridine rings is 1. The van der Waals surface area contributed by atoms with Crippen LogP contribution in [0, 0.1) is 0 Å². The van der Waals surface area contributed by atoms with Crippen molar-refractivity contribution in [1.29, 1.82) is 0 Å². The Hall–Kier alpha value is -5.81. The summed E-state index contributed by atoms with van der Waals surface area (Å²) in [7, 11) is 0. The van der Waals surface area contributed by atoms with Gasteiger partial charge in [-0.3, -0.25) is 9.55 Å². The minimum absolute atomic E-state index is 0.594. The molecule has 0 aliphatic carbocycles. The summed E-state index contributed by atoms with van der Waals surface area (Å²) in [4.78, 5) is 14.9. The first-order valence-corrected chi connectivity index (χ1v) is 14.0. The van der Waals surface area contributed by atoms with Crippen molar-refractivity contribution in [2.45, 2.75) is 0 Å². The SMILES string of the molecule is c1ccc(-c2cc(-c3ccccc3)nc(-n3c4ccccc4c4c5ccncc5c5c6ccccc6oc5c43)n2)cc1. The lowest BCUT2D eigenvalue weighted by molar-refractivity contribution is 0.671. The fraction of sp³-hybridized carbons (Fsp3) is 0. The van der Waals surface area contributed by atoms with Crippen molar-refractivity contribution in [2.24, 2.45) is 0 Å². The number of benzene rings is 5. The van der Waals surface area contributed by atoms with Gasteiger partial charge in [-0.2, -0.15) is 0 Å². The molecular formula is C37H22N4O. The van der Waals surface area contributed by atoms with E-state index in [0.29, 0.717) is 5.95 Å². The summed E-state index contributed by atoms with van der Waals surface area (Å²) in [5.41, 5.74) is 7.39. The monoisotopic (exact) mass is 538 g/mol. The summed E-state index contributed by atoms with van der Waals surface area (Å²) in [5, 5.41) is 6.51. The van der Waals surface area contributed by atoms with Crippen LogP contribution in [0.5, 0.6) is 0 Å². The average molecular weight is 539 g/mol. The molecule has 0 bridgehead atoms. The molecule has 9 rings (SSSR count). The molecule has 0 N–H and O–H groups in total. The van der Waals surface area contributed by atoms with Gasteiger partial charge < -0.3 is 4.42 Å². The normalized spacial score (nSPS) is 11.8. The van der Waals surface area contributed by atoms with Crippen molar-refractivity contribution >= 4 is 54.5 Å². The first kappa shape index (κ1) is 22.9. The van der Waals surface area contributed by atoms with Gasteiger partial charge in [0.2, 0.25) is 5.95 Å². The molecule has 0 amide bonds. The maximum Gasteiger partial charge on any atom is 0.235 e. The summed E-state index contributed by atoms with van der Waals surface area (Å²) < 4.78 is 8.87. The molecule has 0 aliphatic rings. The van der Waals surface area contributed by atoms with Gasteiger partial charge in [-0.15, -0.1) is 0 Å². The van der Waals surface area contributed by atoms with E-state index in [0.717, 1.165) is 77.0 Å². The van der Waals surface area contributed by atoms with Crippen LogP contribution in [0.4, 0.5) is 0 Å². The average Bonchev–Trinajstić information content (AvgIpc) is 3.62. The van der Waals surface area contributed by atoms with Gasteiger partial charge in [0.25, 0.3) is 0 Å². The number of furan rings is 1. The highest BCUT2D eigenvalue weighted by atomic mass is 16.3. The van der Waals surface area contributed by atoms with Crippen LogP contribution in [-0.4, -0.2) is 19.5 Å². The molecule has 0 fully saturated rings. The molecule has 5 heteroatoms. The molecule has 0 saturated heterocycles. The Morgan fingerprint density at radius 2 is 1.19 bits per heavy atom. The van der Waals surface area contributed by atoms with E-state index >= 15 is 0 Å². The van der Waals surface area contributed by atoms with E-state index in [1.807, 2.05) is 60.9 Å². The van der Waals surface area contributed by atoms with Crippen molar-refractivity contribution in [2.75, 3.05) is 0 Å². The molecule has 196 valence electrons. The zero-order chi connectivity index (χ0) is 27.6. The Balaban J connectivity index is 1.50. The molecule has 5 nitrogen and oxygen atoms in total. The maximum absolute atomic E-state index is 6.69. The molecule has 5 aromatic carbocycles. The van der Waals surface area contributed by atoms with Gasteiger partial charge in [0, 0.05) is 50.5 Å². The molecule has 0 radical (unpaired) electrons. The third kappa shape index (κ3) is 3.28. The summed E-state index contributed by atoms with van der Waals surface area (Å²) in [6.07, 6.45) is 3.81. The van der Waals surface area contributed by atoms with Crippen molar-refractivity contribution in [3.05, 3.63) is 134 Å². The molecule has 0 spiro atoms. The first-order valence-electron chi connectivity index (χ1n) is 14.0. The lowest BCUT2D eigenvalue weighted by Gasteiger charge is -2.12. The molecule has 9 aromatic rings. The quantitative estimate of drug-likeness (QED) is 0.225. The van der Waals surface area contributed by atoms with E-state index in [2.05, 4.69) is 82.3 Å². The second-order valence-corrected chi connectivity index (χ2v) is 10.5. The van der Waals surface area contributed by atoms with Crippen LogP contribution >= 0.6 is 0 Å². The van der Waals surface area contributed by atoms with E-state index in [-0.39, 0.29) is 0 Å². The maximum atomic E-state index is 6.69. The number of aromatic nitrogens is 4. The molecular weight excluding hydrogens is 516 g/mol. The van der Waals surface area contributed by atoms with E-state index in [1.54, 1.807) is 0 Å². The van der Waals surface area contributed by atoms with Gasteiger partial charge in [-0.05, 0) is 29.7 Å². The van der Waals surface area contributed by atoms with Crippen molar-refractivity contribution in [3.63, 3.8) is 0 Å². The Bertz CT molecular complexity index is 2400. The predicted octanol–water partition coefficient (Wildman–Crippen LogP) is 9.36. The highest BCUT2D eigenvalue weighted by molar-refractivity contribution is 6.34. The van der Waals surface area contributed by atoms with Gasteiger partial charge in [0.05, 0.1) is 16.9 Å². The van der Waals surface area contributed by atoms with Crippen LogP contribution in [0.1, 0.15) is 0 Å². The zero-order valence-corrected chi connectivity index (χ0v) is 22.4. The van der Waals surface area contributed by atoms with E-state index < -0.39 is 0 Å². The largest absolute Gasteiger partial charge is 0.454 e. The summed E-state index contributed by atoms with van der Waals surface area (Å²) in [5.74, 6) is 0.594. The van der Waals surface area contributed by atoms with Crippen molar-refractivity contribution in [1.82, 2.24) is 19.5 Å². The number of rotatable bonds is 3. The van der Waals surface area contributed by atoms with Crippen LogP contribution in [-0.2, 0) is 0 Å². The smallest absolute Gasteiger partial charge is 0.235 e. The van der Waals surface area contributed by atoms with Gasteiger partial charge in [-0.1, -0.05) is 97.1 Å². The van der Waals surface area contributed by atoms with Gasteiger partial charge in [0.15, 0.2) is 5.58 Å². The number of hydrogen-bond donors (Lipinski definition) is 0. The topological polar surface area (TPSA) is 56.7 Å².